The molecule has 2 fully saturated rings. The first-order chi connectivity index (χ1) is 6.58. The van der Waals surface area contributed by atoms with Crippen molar-refractivity contribution < 1.29 is 20.8 Å². The van der Waals surface area contributed by atoms with Crippen molar-refractivity contribution in [2.75, 3.05) is 18.1 Å². The number of hydrogen-bond donors (Lipinski definition) is 0. The van der Waals surface area contributed by atoms with Crippen LogP contribution in [-0.4, -0.2) is 43.5 Å². The van der Waals surface area contributed by atoms with Gasteiger partial charge in [-0.25, -0.2) is 8.42 Å². The highest BCUT2D eigenvalue weighted by Gasteiger charge is 2.34. The van der Waals surface area contributed by atoms with Gasteiger partial charge in [0.15, 0.2) is 9.84 Å². The zero-order valence-electron chi connectivity index (χ0n) is 9.15. The van der Waals surface area contributed by atoms with Gasteiger partial charge in [0.05, 0.1) is 11.5 Å². The summed E-state index contributed by atoms with van der Waals surface area (Å²) in [6.07, 6.45) is 4.63. The molecule has 2 unspecified atom stereocenters. The number of hydrogen-bond acceptors (Lipinski definition) is 3. The lowest BCUT2D eigenvalue weighted by Crippen LogP contribution is -3.00. The number of piperidine rings is 1. The molecule has 0 bridgehead atoms. The second-order valence-electron chi connectivity index (χ2n) is 4.64. The smallest absolute Gasteiger partial charge is 0.151 e. The lowest BCUT2D eigenvalue weighted by molar-refractivity contribution is -0.00000593. The number of sulfone groups is 1. The van der Waals surface area contributed by atoms with Gasteiger partial charge in [0.1, 0.15) is 0 Å². The molecule has 0 aromatic heterocycles. The molecule has 5 heteroatoms. The Morgan fingerprint density at radius 1 is 1.20 bits per heavy atom. The van der Waals surface area contributed by atoms with E-state index in [1.165, 1.54) is 19.3 Å². The minimum absolute atomic E-state index is 0. The van der Waals surface area contributed by atoms with Crippen molar-refractivity contribution in [3.8, 4) is 0 Å². The molecule has 0 saturated carbocycles. The number of halogens is 1. The molecule has 90 valence electrons. The summed E-state index contributed by atoms with van der Waals surface area (Å²) in [4.78, 5) is 2.41. The molecule has 0 aromatic rings. The van der Waals surface area contributed by atoms with Crippen LogP contribution in [0.15, 0.2) is 0 Å². The van der Waals surface area contributed by atoms with Crippen molar-refractivity contribution in [2.24, 2.45) is 0 Å². The van der Waals surface area contributed by atoms with Gasteiger partial charge in [0.25, 0.3) is 0 Å². The Hall–Kier alpha value is 0.200. The van der Waals surface area contributed by atoms with Crippen LogP contribution in [0.1, 0.15) is 32.6 Å². The van der Waals surface area contributed by atoms with Crippen LogP contribution in [0.4, 0.5) is 0 Å². The molecule has 0 spiro atoms. The van der Waals surface area contributed by atoms with Crippen LogP contribution >= 0.6 is 0 Å². The Balaban J connectivity index is 0.00000112. The summed E-state index contributed by atoms with van der Waals surface area (Å²) in [5, 5.41) is 0. The van der Waals surface area contributed by atoms with Crippen LogP contribution in [0.5, 0.6) is 0 Å². The molecule has 0 aromatic carbocycles. The Morgan fingerprint density at radius 2 is 1.93 bits per heavy atom. The Bertz CT molecular complexity index is 305. The highest BCUT2D eigenvalue weighted by molar-refractivity contribution is 7.91. The molecule has 2 rings (SSSR count). The van der Waals surface area contributed by atoms with Crippen molar-refractivity contribution >= 4 is 9.84 Å². The lowest BCUT2D eigenvalue weighted by atomic mass is 10.0. The molecule has 0 amide bonds. The summed E-state index contributed by atoms with van der Waals surface area (Å²) in [5.74, 6) is 0.804. The molecule has 2 saturated heterocycles. The second-order valence-corrected chi connectivity index (χ2v) is 6.87. The summed E-state index contributed by atoms with van der Waals surface area (Å²) >= 11 is 0. The van der Waals surface area contributed by atoms with E-state index >= 15 is 0 Å². The van der Waals surface area contributed by atoms with Crippen molar-refractivity contribution in [1.29, 1.82) is 0 Å². The third-order valence-corrected chi connectivity index (χ3v) is 5.28. The second kappa shape index (κ2) is 5.02. The van der Waals surface area contributed by atoms with Crippen molar-refractivity contribution in [3.05, 3.63) is 0 Å². The van der Waals surface area contributed by atoms with Gasteiger partial charge < -0.3 is 12.4 Å². The number of rotatable bonds is 1. The molecule has 2 heterocycles. The number of nitrogens with zero attached hydrogens (tertiary/aromatic N) is 1. The molecule has 3 nitrogen and oxygen atoms in total. The largest absolute Gasteiger partial charge is 1.00 e. The highest BCUT2D eigenvalue weighted by atomic mass is 35.5. The molecule has 2 atom stereocenters. The van der Waals surface area contributed by atoms with Gasteiger partial charge in [0.2, 0.25) is 0 Å². The molecule has 2 aliphatic rings. The maximum Gasteiger partial charge on any atom is 0.151 e. The predicted octanol–water partition coefficient (Wildman–Crippen LogP) is -1.95. The molecule has 2 aliphatic heterocycles. The van der Waals surface area contributed by atoms with Crippen molar-refractivity contribution in [3.63, 3.8) is 0 Å². The van der Waals surface area contributed by atoms with E-state index in [0.29, 0.717) is 23.6 Å². The Labute approximate surface area is 98.6 Å². The van der Waals surface area contributed by atoms with Crippen molar-refractivity contribution in [1.82, 2.24) is 4.90 Å². The lowest BCUT2D eigenvalue weighted by Gasteiger charge is -2.37. The van der Waals surface area contributed by atoms with E-state index in [-0.39, 0.29) is 12.4 Å². The summed E-state index contributed by atoms with van der Waals surface area (Å²) < 4.78 is 22.7. The summed E-state index contributed by atoms with van der Waals surface area (Å²) in [6, 6.07) is 0.900. The van der Waals surface area contributed by atoms with E-state index in [4.69, 9.17) is 0 Å². The fourth-order valence-electron chi connectivity index (χ4n) is 2.70. The first-order valence-electron chi connectivity index (χ1n) is 5.55. The van der Waals surface area contributed by atoms with Crippen LogP contribution in [0.2, 0.25) is 0 Å². The molecular formula is C10H19ClNO2S-. The number of likely N-dealkylation sites (tertiary alicyclic amines) is 1. The highest BCUT2D eigenvalue weighted by Crippen LogP contribution is 2.25. The Kier molecular flexibility index (Phi) is 4.44. The van der Waals surface area contributed by atoms with E-state index in [1.54, 1.807) is 0 Å². The topological polar surface area (TPSA) is 37.4 Å². The van der Waals surface area contributed by atoms with Gasteiger partial charge in [-0.3, -0.25) is 4.90 Å². The van der Waals surface area contributed by atoms with E-state index in [0.717, 1.165) is 13.0 Å². The van der Waals surface area contributed by atoms with Crippen LogP contribution in [0.25, 0.3) is 0 Å². The molecular weight excluding hydrogens is 234 g/mol. The third kappa shape index (κ3) is 3.08. The van der Waals surface area contributed by atoms with Crippen LogP contribution in [0.3, 0.4) is 0 Å². The van der Waals surface area contributed by atoms with Gasteiger partial charge in [-0.2, -0.15) is 0 Å². The zero-order valence-corrected chi connectivity index (χ0v) is 10.7. The average Bonchev–Trinajstić information content (AvgIpc) is 2.47. The van der Waals surface area contributed by atoms with Gasteiger partial charge >= 0.3 is 0 Å². The first kappa shape index (κ1) is 13.3. The molecule has 0 N–H and O–H groups in total. The third-order valence-electron chi connectivity index (χ3n) is 3.53. The van der Waals surface area contributed by atoms with Gasteiger partial charge in [0, 0.05) is 12.1 Å². The first-order valence-corrected chi connectivity index (χ1v) is 7.37. The predicted molar refractivity (Wildman–Crippen MR) is 57.1 cm³/mol. The molecule has 15 heavy (non-hydrogen) atoms. The molecule has 0 radical (unpaired) electrons. The average molecular weight is 253 g/mol. The molecule has 0 aliphatic carbocycles. The van der Waals surface area contributed by atoms with E-state index < -0.39 is 9.84 Å². The van der Waals surface area contributed by atoms with Gasteiger partial charge in [-0.05, 0) is 32.7 Å². The standard InChI is InChI=1S/C10H19NO2S.ClH/c1-9-4-2-3-6-11(9)10-5-7-14(12,13)8-10;/h9-10H,2-8H2,1H3;1H/p-1. The Morgan fingerprint density at radius 3 is 2.47 bits per heavy atom. The maximum absolute atomic E-state index is 11.4. The zero-order chi connectivity index (χ0) is 10.2. The summed E-state index contributed by atoms with van der Waals surface area (Å²) in [7, 11) is -2.71. The van der Waals surface area contributed by atoms with E-state index in [1.807, 2.05) is 0 Å². The SMILES string of the molecule is CC1CCCCN1C1CCS(=O)(=O)C1.[Cl-]. The monoisotopic (exact) mass is 252 g/mol. The fraction of sp³-hybridized carbons (Fsp3) is 1.00. The van der Waals surface area contributed by atoms with Gasteiger partial charge in [-0.1, -0.05) is 6.42 Å². The maximum atomic E-state index is 11.4. The minimum atomic E-state index is -2.71. The summed E-state index contributed by atoms with van der Waals surface area (Å²) in [6.45, 7) is 3.32. The summed E-state index contributed by atoms with van der Waals surface area (Å²) in [5.41, 5.74) is 0. The quantitative estimate of drug-likeness (QED) is 0.545. The minimum Gasteiger partial charge on any atom is -1.00 e. The van der Waals surface area contributed by atoms with E-state index in [2.05, 4.69) is 11.8 Å². The normalized spacial score (nSPS) is 36.1. The van der Waals surface area contributed by atoms with Crippen LogP contribution in [-0.2, 0) is 9.84 Å². The van der Waals surface area contributed by atoms with Crippen LogP contribution < -0.4 is 12.4 Å². The van der Waals surface area contributed by atoms with E-state index in [9.17, 15) is 8.42 Å². The van der Waals surface area contributed by atoms with Gasteiger partial charge in [-0.15, -0.1) is 0 Å². The van der Waals surface area contributed by atoms with Crippen molar-refractivity contribution in [2.45, 2.75) is 44.7 Å². The van der Waals surface area contributed by atoms with Crippen LogP contribution in [0, 0.1) is 0 Å². The fourth-order valence-corrected chi connectivity index (χ4v) is 4.44.